The van der Waals surface area contributed by atoms with E-state index in [0.717, 1.165) is 5.75 Å². The van der Waals surface area contributed by atoms with Crippen molar-refractivity contribution in [2.75, 3.05) is 18.9 Å². The first-order valence-electron chi connectivity index (χ1n) is 5.66. The van der Waals surface area contributed by atoms with E-state index in [4.69, 9.17) is 10.8 Å². The molecule has 90 valence electrons. The molecule has 0 aliphatic heterocycles. The monoisotopic (exact) mass is 239 g/mol. The van der Waals surface area contributed by atoms with E-state index in [2.05, 4.69) is 38.1 Å². The van der Waals surface area contributed by atoms with Crippen molar-refractivity contribution in [3.05, 3.63) is 35.4 Å². The second-order valence-electron chi connectivity index (χ2n) is 4.26. The molecular weight excluding hydrogens is 218 g/mol. The van der Waals surface area contributed by atoms with Gasteiger partial charge in [-0.15, -0.1) is 0 Å². The van der Waals surface area contributed by atoms with Crippen LogP contribution in [-0.2, 0) is 0 Å². The van der Waals surface area contributed by atoms with E-state index in [-0.39, 0.29) is 6.61 Å². The predicted molar refractivity (Wildman–Crippen MR) is 71.7 cm³/mol. The van der Waals surface area contributed by atoms with Crippen LogP contribution in [0.1, 0.15) is 23.3 Å². The number of thioether (sulfide) groups is 1. The molecule has 16 heavy (non-hydrogen) atoms. The molecule has 0 radical (unpaired) electrons. The second kappa shape index (κ2) is 6.94. The minimum absolute atomic E-state index is 0.248. The molecule has 2 nitrogen and oxygen atoms in total. The van der Waals surface area contributed by atoms with Crippen LogP contribution in [0.2, 0.25) is 0 Å². The van der Waals surface area contributed by atoms with Crippen LogP contribution >= 0.6 is 11.8 Å². The zero-order valence-corrected chi connectivity index (χ0v) is 10.8. The minimum Gasteiger partial charge on any atom is -0.396 e. The summed E-state index contributed by atoms with van der Waals surface area (Å²) in [6.07, 6.45) is 0. The van der Waals surface area contributed by atoms with E-state index in [1.165, 1.54) is 11.1 Å². The van der Waals surface area contributed by atoms with Gasteiger partial charge in [-0.05, 0) is 24.2 Å². The molecule has 0 aliphatic carbocycles. The van der Waals surface area contributed by atoms with Crippen LogP contribution in [0.4, 0.5) is 0 Å². The average Bonchev–Trinajstić information content (AvgIpc) is 2.29. The molecule has 0 bridgehead atoms. The van der Waals surface area contributed by atoms with E-state index in [1.54, 1.807) is 0 Å². The zero-order valence-electron chi connectivity index (χ0n) is 10.0. The molecule has 0 amide bonds. The van der Waals surface area contributed by atoms with Gasteiger partial charge < -0.3 is 10.8 Å². The van der Waals surface area contributed by atoms with E-state index >= 15 is 0 Å². The summed E-state index contributed by atoms with van der Waals surface area (Å²) < 4.78 is 0. The summed E-state index contributed by atoms with van der Waals surface area (Å²) in [5.74, 6) is 1.29. The Labute approximate surface area is 102 Å². The normalized spacial score (nSPS) is 14.8. The van der Waals surface area contributed by atoms with Crippen LogP contribution in [0.25, 0.3) is 0 Å². The highest BCUT2D eigenvalue weighted by Crippen LogP contribution is 2.29. The fraction of sp³-hybridized carbons (Fsp3) is 0.538. The van der Waals surface area contributed by atoms with Crippen LogP contribution in [0.3, 0.4) is 0 Å². The molecule has 0 fully saturated rings. The van der Waals surface area contributed by atoms with Crippen LogP contribution in [0.15, 0.2) is 24.3 Å². The Morgan fingerprint density at radius 3 is 2.75 bits per heavy atom. The van der Waals surface area contributed by atoms with Crippen molar-refractivity contribution >= 4 is 11.8 Å². The van der Waals surface area contributed by atoms with Crippen molar-refractivity contribution in [3.63, 3.8) is 0 Å². The summed E-state index contributed by atoms with van der Waals surface area (Å²) in [5, 5.41) is 9.33. The number of aryl methyl sites for hydroxylation is 1. The van der Waals surface area contributed by atoms with Gasteiger partial charge in [0.2, 0.25) is 0 Å². The van der Waals surface area contributed by atoms with Crippen LogP contribution < -0.4 is 5.73 Å². The lowest BCUT2D eigenvalue weighted by atomic mass is 10.1. The van der Waals surface area contributed by atoms with Gasteiger partial charge in [-0.1, -0.05) is 36.8 Å². The molecule has 0 spiro atoms. The SMILES string of the molecule is Cc1cccc(C(CN)SCC(C)CO)c1. The largest absolute Gasteiger partial charge is 0.396 e. The molecule has 2 unspecified atom stereocenters. The van der Waals surface area contributed by atoms with Gasteiger partial charge in [0.05, 0.1) is 0 Å². The molecular formula is C13H21NOS. The number of hydrogen-bond acceptors (Lipinski definition) is 3. The van der Waals surface area contributed by atoms with Gasteiger partial charge in [-0.3, -0.25) is 0 Å². The van der Waals surface area contributed by atoms with Gasteiger partial charge in [-0.25, -0.2) is 0 Å². The molecule has 0 aromatic heterocycles. The predicted octanol–water partition coefficient (Wildman–Crippen LogP) is 2.36. The van der Waals surface area contributed by atoms with Crippen molar-refractivity contribution in [1.29, 1.82) is 0 Å². The highest BCUT2D eigenvalue weighted by atomic mass is 32.2. The third-order valence-corrected chi connectivity index (χ3v) is 4.15. The molecule has 3 heteroatoms. The summed E-state index contributed by atoms with van der Waals surface area (Å²) in [6, 6.07) is 8.48. The third kappa shape index (κ3) is 4.16. The smallest absolute Gasteiger partial charge is 0.0464 e. The molecule has 0 saturated carbocycles. The van der Waals surface area contributed by atoms with E-state index in [1.807, 2.05) is 11.8 Å². The van der Waals surface area contributed by atoms with Crippen molar-refractivity contribution in [2.24, 2.45) is 11.7 Å². The number of hydrogen-bond donors (Lipinski definition) is 2. The fourth-order valence-electron chi connectivity index (χ4n) is 1.50. The van der Waals surface area contributed by atoms with Crippen molar-refractivity contribution < 1.29 is 5.11 Å². The Bertz CT molecular complexity index is 317. The first kappa shape index (κ1) is 13.6. The van der Waals surface area contributed by atoms with Gasteiger partial charge in [-0.2, -0.15) is 11.8 Å². The van der Waals surface area contributed by atoms with Crippen LogP contribution in [0.5, 0.6) is 0 Å². The summed E-state index contributed by atoms with van der Waals surface area (Å²) >= 11 is 1.83. The highest BCUT2D eigenvalue weighted by Gasteiger charge is 2.11. The number of benzene rings is 1. The highest BCUT2D eigenvalue weighted by molar-refractivity contribution is 7.99. The van der Waals surface area contributed by atoms with Crippen molar-refractivity contribution in [3.8, 4) is 0 Å². The summed E-state index contributed by atoms with van der Waals surface area (Å²) in [4.78, 5) is 0. The number of aliphatic hydroxyl groups is 1. The second-order valence-corrected chi connectivity index (χ2v) is 5.50. The lowest BCUT2D eigenvalue weighted by Crippen LogP contribution is -2.12. The number of rotatable bonds is 6. The molecule has 0 heterocycles. The van der Waals surface area contributed by atoms with Crippen molar-refractivity contribution in [2.45, 2.75) is 19.1 Å². The Kier molecular flexibility index (Phi) is 5.88. The Morgan fingerprint density at radius 2 is 2.19 bits per heavy atom. The quantitative estimate of drug-likeness (QED) is 0.801. The maximum absolute atomic E-state index is 8.99. The zero-order chi connectivity index (χ0) is 12.0. The maximum atomic E-state index is 8.99. The van der Waals surface area contributed by atoms with Gasteiger partial charge in [0.25, 0.3) is 0 Å². The van der Waals surface area contributed by atoms with Gasteiger partial charge in [0.1, 0.15) is 0 Å². The first-order valence-corrected chi connectivity index (χ1v) is 6.71. The summed E-state index contributed by atoms with van der Waals surface area (Å²) in [7, 11) is 0. The lowest BCUT2D eigenvalue weighted by molar-refractivity contribution is 0.250. The first-order chi connectivity index (χ1) is 7.67. The topological polar surface area (TPSA) is 46.2 Å². The maximum Gasteiger partial charge on any atom is 0.0464 e. The minimum atomic E-state index is 0.248. The Hall–Kier alpha value is -0.510. The van der Waals surface area contributed by atoms with E-state index in [9.17, 15) is 0 Å². The van der Waals surface area contributed by atoms with Gasteiger partial charge >= 0.3 is 0 Å². The third-order valence-electron chi connectivity index (χ3n) is 2.52. The average molecular weight is 239 g/mol. The summed E-state index contributed by atoms with van der Waals surface area (Å²) in [5.41, 5.74) is 8.36. The van der Waals surface area contributed by atoms with Crippen LogP contribution in [0, 0.1) is 12.8 Å². The van der Waals surface area contributed by atoms with E-state index in [0.29, 0.717) is 17.7 Å². The van der Waals surface area contributed by atoms with Gasteiger partial charge in [0, 0.05) is 18.4 Å². The lowest BCUT2D eigenvalue weighted by Gasteiger charge is -2.17. The molecule has 1 aromatic rings. The number of aliphatic hydroxyl groups excluding tert-OH is 1. The molecule has 1 rings (SSSR count). The Balaban J connectivity index is 2.60. The molecule has 0 aliphatic rings. The number of nitrogens with two attached hydrogens (primary N) is 1. The summed E-state index contributed by atoms with van der Waals surface area (Å²) in [6.45, 7) is 5.04. The molecule has 0 saturated heterocycles. The van der Waals surface area contributed by atoms with Crippen molar-refractivity contribution in [1.82, 2.24) is 0 Å². The molecule has 1 aromatic carbocycles. The molecule has 3 N–H and O–H groups in total. The van der Waals surface area contributed by atoms with Crippen LogP contribution in [-0.4, -0.2) is 24.0 Å². The fourth-order valence-corrected chi connectivity index (χ4v) is 2.65. The Morgan fingerprint density at radius 1 is 1.44 bits per heavy atom. The van der Waals surface area contributed by atoms with E-state index < -0.39 is 0 Å². The standard InChI is InChI=1S/C13H21NOS/c1-10-4-3-5-12(6-10)13(7-14)16-9-11(2)8-15/h3-6,11,13,15H,7-9,14H2,1-2H3. The molecule has 2 atom stereocenters. The van der Waals surface area contributed by atoms with Gasteiger partial charge in [0.15, 0.2) is 0 Å².